The molecule has 2 rings (SSSR count). The number of unbranched alkanes of at least 4 members (excludes halogenated alkanes) is 3. The number of aryl methyl sites for hydroxylation is 1. The average molecular weight is 289 g/mol. The summed E-state index contributed by atoms with van der Waals surface area (Å²) in [4.78, 5) is 0. The molecule has 0 fully saturated rings. The van der Waals surface area contributed by atoms with Crippen molar-refractivity contribution in [2.24, 2.45) is 0 Å². The fourth-order valence-electron chi connectivity index (χ4n) is 2.20. The molecule has 0 aliphatic rings. The van der Waals surface area contributed by atoms with Crippen LogP contribution in [-0.2, 0) is 6.42 Å². The van der Waals surface area contributed by atoms with Gasteiger partial charge in [0.05, 0.1) is 0 Å². The van der Waals surface area contributed by atoms with Crippen molar-refractivity contribution in [3.05, 3.63) is 59.1 Å². The van der Waals surface area contributed by atoms with Gasteiger partial charge in [0, 0.05) is 5.02 Å². The summed E-state index contributed by atoms with van der Waals surface area (Å²) in [5.41, 5.74) is 1.19. The van der Waals surface area contributed by atoms with Crippen LogP contribution >= 0.6 is 11.6 Å². The van der Waals surface area contributed by atoms with E-state index in [1.54, 1.807) is 0 Å². The summed E-state index contributed by atoms with van der Waals surface area (Å²) in [7, 11) is 0. The Kier molecular flexibility index (Phi) is 5.94. The highest BCUT2D eigenvalue weighted by molar-refractivity contribution is 6.30. The van der Waals surface area contributed by atoms with Gasteiger partial charge in [0.1, 0.15) is 11.5 Å². The fraction of sp³-hybridized carbons (Fsp3) is 0.333. The summed E-state index contributed by atoms with van der Waals surface area (Å²) in [6, 6.07) is 15.7. The third kappa shape index (κ3) is 4.57. The van der Waals surface area contributed by atoms with Crippen LogP contribution in [0.15, 0.2) is 48.5 Å². The first-order chi connectivity index (χ1) is 9.79. The van der Waals surface area contributed by atoms with Crippen LogP contribution in [0.25, 0.3) is 0 Å². The first-order valence-corrected chi connectivity index (χ1v) is 7.68. The van der Waals surface area contributed by atoms with Gasteiger partial charge in [0.25, 0.3) is 0 Å². The Hall–Kier alpha value is -1.47. The van der Waals surface area contributed by atoms with E-state index in [1.165, 1.54) is 31.2 Å². The Morgan fingerprint density at radius 1 is 0.950 bits per heavy atom. The van der Waals surface area contributed by atoms with Crippen molar-refractivity contribution in [3.8, 4) is 11.5 Å². The lowest BCUT2D eigenvalue weighted by molar-refractivity contribution is 0.474. The highest BCUT2D eigenvalue weighted by atomic mass is 35.5. The second kappa shape index (κ2) is 7.96. The summed E-state index contributed by atoms with van der Waals surface area (Å²) in [6.45, 7) is 2.23. The highest BCUT2D eigenvalue weighted by Gasteiger charge is 2.06. The van der Waals surface area contributed by atoms with Crippen molar-refractivity contribution < 1.29 is 4.74 Å². The molecule has 0 radical (unpaired) electrons. The molecule has 20 heavy (non-hydrogen) atoms. The fourth-order valence-corrected chi connectivity index (χ4v) is 2.40. The maximum Gasteiger partial charge on any atom is 0.130 e. The topological polar surface area (TPSA) is 9.23 Å². The Balaban J connectivity index is 2.07. The molecular weight excluding hydrogens is 268 g/mol. The molecule has 0 aromatic heterocycles. The molecule has 2 heteroatoms. The molecule has 0 bridgehead atoms. The van der Waals surface area contributed by atoms with Crippen molar-refractivity contribution in [2.75, 3.05) is 0 Å². The summed E-state index contributed by atoms with van der Waals surface area (Å²) in [6.07, 6.45) is 5.99. The van der Waals surface area contributed by atoms with Gasteiger partial charge in [-0.25, -0.2) is 0 Å². The number of hydrogen-bond acceptors (Lipinski definition) is 1. The lowest BCUT2D eigenvalue weighted by atomic mass is 10.1. The van der Waals surface area contributed by atoms with Crippen molar-refractivity contribution >= 4 is 11.6 Å². The first kappa shape index (κ1) is 14.9. The van der Waals surface area contributed by atoms with Gasteiger partial charge >= 0.3 is 0 Å². The van der Waals surface area contributed by atoms with Gasteiger partial charge in [-0.2, -0.15) is 0 Å². The Labute approximate surface area is 126 Å². The van der Waals surface area contributed by atoms with Gasteiger partial charge in [-0.05, 0) is 48.7 Å². The molecule has 0 atom stereocenters. The second-order valence-electron chi connectivity index (χ2n) is 4.98. The molecule has 0 unspecified atom stereocenters. The zero-order chi connectivity index (χ0) is 14.2. The van der Waals surface area contributed by atoms with E-state index in [-0.39, 0.29) is 0 Å². The molecule has 0 saturated carbocycles. The molecule has 1 nitrogen and oxygen atoms in total. The summed E-state index contributed by atoms with van der Waals surface area (Å²) in [5.74, 6) is 1.78. The molecule has 2 aromatic carbocycles. The van der Waals surface area contributed by atoms with Crippen molar-refractivity contribution in [3.63, 3.8) is 0 Å². The quantitative estimate of drug-likeness (QED) is 0.547. The van der Waals surface area contributed by atoms with Crippen LogP contribution in [0.2, 0.25) is 5.02 Å². The van der Waals surface area contributed by atoms with E-state index in [2.05, 4.69) is 6.92 Å². The summed E-state index contributed by atoms with van der Waals surface area (Å²) >= 11 is 6.10. The zero-order valence-corrected chi connectivity index (χ0v) is 12.7. The van der Waals surface area contributed by atoms with E-state index >= 15 is 0 Å². The largest absolute Gasteiger partial charge is 0.457 e. The minimum Gasteiger partial charge on any atom is -0.457 e. The lowest BCUT2D eigenvalue weighted by Gasteiger charge is -2.11. The monoisotopic (exact) mass is 288 g/mol. The third-order valence-corrected chi connectivity index (χ3v) is 3.53. The second-order valence-corrected chi connectivity index (χ2v) is 5.41. The molecule has 0 saturated heterocycles. The van der Waals surface area contributed by atoms with Gasteiger partial charge in [0.15, 0.2) is 0 Å². The van der Waals surface area contributed by atoms with Crippen molar-refractivity contribution in [2.45, 2.75) is 39.0 Å². The predicted molar refractivity (Wildman–Crippen MR) is 85.8 cm³/mol. The molecule has 0 N–H and O–H groups in total. The maximum absolute atomic E-state index is 6.10. The third-order valence-electron chi connectivity index (χ3n) is 3.29. The Bertz CT molecular complexity index is 522. The van der Waals surface area contributed by atoms with E-state index in [0.29, 0.717) is 0 Å². The summed E-state index contributed by atoms with van der Waals surface area (Å²) < 4.78 is 5.96. The minimum atomic E-state index is 0.774. The van der Waals surface area contributed by atoms with Crippen LogP contribution in [0.4, 0.5) is 0 Å². The zero-order valence-electron chi connectivity index (χ0n) is 11.9. The van der Waals surface area contributed by atoms with Gasteiger partial charge in [0.2, 0.25) is 0 Å². The van der Waals surface area contributed by atoms with Crippen LogP contribution < -0.4 is 4.74 Å². The van der Waals surface area contributed by atoms with E-state index in [9.17, 15) is 0 Å². The normalized spacial score (nSPS) is 10.5. The average Bonchev–Trinajstić information content (AvgIpc) is 2.47. The van der Waals surface area contributed by atoms with Gasteiger partial charge in [-0.1, -0.05) is 56.0 Å². The van der Waals surface area contributed by atoms with E-state index in [4.69, 9.17) is 16.3 Å². The molecule has 0 aliphatic carbocycles. The summed E-state index contributed by atoms with van der Waals surface area (Å²) in [5, 5.41) is 0.774. The SMILES string of the molecule is CCCCCCc1cc(Cl)ccc1Oc1ccccc1. The Morgan fingerprint density at radius 3 is 2.50 bits per heavy atom. The van der Waals surface area contributed by atoms with E-state index in [1.807, 2.05) is 48.5 Å². The maximum atomic E-state index is 6.10. The van der Waals surface area contributed by atoms with Crippen LogP contribution in [0.3, 0.4) is 0 Å². The lowest BCUT2D eigenvalue weighted by Crippen LogP contribution is -1.93. The van der Waals surface area contributed by atoms with Crippen LogP contribution in [0.1, 0.15) is 38.2 Å². The number of hydrogen-bond donors (Lipinski definition) is 0. The highest BCUT2D eigenvalue weighted by Crippen LogP contribution is 2.29. The van der Waals surface area contributed by atoms with Crippen molar-refractivity contribution in [1.29, 1.82) is 0 Å². The Morgan fingerprint density at radius 2 is 1.75 bits per heavy atom. The molecule has 2 aromatic rings. The minimum absolute atomic E-state index is 0.774. The molecule has 106 valence electrons. The number of rotatable bonds is 7. The number of benzene rings is 2. The van der Waals surface area contributed by atoms with E-state index < -0.39 is 0 Å². The standard InChI is InChI=1S/C18H21ClO/c1-2-3-4-6-9-15-14-16(19)12-13-18(15)20-17-10-7-5-8-11-17/h5,7-8,10-14H,2-4,6,9H2,1H3. The smallest absolute Gasteiger partial charge is 0.130 e. The molecule has 0 aliphatic heterocycles. The first-order valence-electron chi connectivity index (χ1n) is 7.31. The van der Waals surface area contributed by atoms with Crippen LogP contribution in [0.5, 0.6) is 11.5 Å². The van der Waals surface area contributed by atoms with Gasteiger partial charge in [-0.3, -0.25) is 0 Å². The molecule has 0 amide bonds. The van der Waals surface area contributed by atoms with Gasteiger partial charge < -0.3 is 4.74 Å². The predicted octanol–water partition coefficient (Wildman–Crippen LogP) is 6.26. The number of ether oxygens (including phenoxy) is 1. The molecule has 0 spiro atoms. The van der Waals surface area contributed by atoms with E-state index in [0.717, 1.165) is 22.9 Å². The van der Waals surface area contributed by atoms with Crippen LogP contribution in [0, 0.1) is 0 Å². The molecule has 0 heterocycles. The number of para-hydroxylation sites is 1. The van der Waals surface area contributed by atoms with Crippen molar-refractivity contribution in [1.82, 2.24) is 0 Å². The number of halogens is 1. The molecular formula is C18H21ClO. The van der Waals surface area contributed by atoms with Crippen LogP contribution in [-0.4, -0.2) is 0 Å². The van der Waals surface area contributed by atoms with Gasteiger partial charge in [-0.15, -0.1) is 0 Å².